The molecule has 1 aliphatic rings. The number of amides is 1. The van der Waals surface area contributed by atoms with Crippen molar-refractivity contribution in [3.63, 3.8) is 0 Å². The van der Waals surface area contributed by atoms with Crippen LogP contribution >= 0.6 is 0 Å². The molecule has 86 valence electrons. The van der Waals surface area contributed by atoms with Gasteiger partial charge in [0.15, 0.2) is 0 Å². The van der Waals surface area contributed by atoms with Crippen LogP contribution in [0.5, 0.6) is 0 Å². The van der Waals surface area contributed by atoms with Crippen molar-refractivity contribution in [1.29, 1.82) is 0 Å². The average Bonchev–Trinajstić information content (AvgIpc) is 2.30. The summed E-state index contributed by atoms with van der Waals surface area (Å²) in [4.78, 5) is 10.6. The van der Waals surface area contributed by atoms with Crippen LogP contribution in [-0.2, 0) is 0 Å². The highest BCUT2D eigenvalue weighted by Crippen LogP contribution is 2.22. The van der Waals surface area contributed by atoms with Gasteiger partial charge in [0.2, 0.25) is 0 Å². The third-order valence-corrected chi connectivity index (χ3v) is 2.93. The molecule has 0 aromatic heterocycles. The van der Waals surface area contributed by atoms with Gasteiger partial charge in [-0.05, 0) is 24.9 Å². The number of nitrogens with one attached hydrogen (secondary N) is 2. The van der Waals surface area contributed by atoms with E-state index in [9.17, 15) is 4.79 Å². The minimum atomic E-state index is -0.932. The molecule has 1 aromatic rings. The third-order valence-electron chi connectivity index (χ3n) is 2.93. The van der Waals surface area contributed by atoms with Crippen LogP contribution in [0.4, 0.5) is 4.79 Å². The van der Waals surface area contributed by atoms with E-state index in [2.05, 4.69) is 22.8 Å². The van der Waals surface area contributed by atoms with Gasteiger partial charge in [0.25, 0.3) is 0 Å². The van der Waals surface area contributed by atoms with Crippen molar-refractivity contribution in [1.82, 2.24) is 10.6 Å². The molecule has 1 fully saturated rings. The van der Waals surface area contributed by atoms with E-state index < -0.39 is 6.09 Å². The lowest BCUT2D eigenvalue weighted by Crippen LogP contribution is -2.43. The molecule has 0 spiro atoms. The Bertz CT molecular complexity index is 353. The molecular formula is C12H16N2O2. The van der Waals surface area contributed by atoms with E-state index in [1.165, 1.54) is 5.56 Å². The number of carbonyl (C=O) groups is 1. The normalized spacial score (nSPS) is 25.0. The molecule has 4 nitrogen and oxygen atoms in total. The average molecular weight is 220 g/mol. The van der Waals surface area contributed by atoms with Gasteiger partial charge < -0.3 is 15.7 Å². The molecule has 16 heavy (non-hydrogen) atoms. The Hall–Kier alpha value is -1.55. The number of benzene rings is 1. The fraction of sp³-hybridized carbons (Fsp3) is 0.417. The summed E-state index contributed by atoms with van der Waals surface area (Å²) in [6, 6.07) is 10.5. The van der Waals surface area contributed by atoms with E-state index in [-0.39, 0.29) is 12.1 Å². The molecule has 1 amide bonds. The second kappa shape index (κ2) is 4.99. The van der Waals surface area contributed by atoms with Gasteiger partial charge in [0, 0.05) is 12.1 Å². The largest absolute Gasteiger partial charge is 0.465 e. The second-order valence-electron chi connectivity index (χ2n) is 4.09. The van der Waals surface area contributed by atoms with Crippen molar-refractivity contribution < 1.29 is 9.90 Å². The van der Waals surface area contributed by atoms with E-state index in [0.717, 1.165) is 19.4 Å². The van der Waals surface area contributed by atoms with Gasteiger partial charge in [0.05, 0.1) is 0 Å². The molecule has 0 radical (unpaired) electrons. The molecule has 1 heterocycles. The van der Waals surface area contributed by atoms with Gasteiger partial charge in [-0.3, -0.25) is 0 Å². The highest BCUT2D eigenvalue weighted by molar-refractivity contribution is 5.64. The van der Waals surface area contributed by atoms with Gasteiger partial charge in [0.1, 0.15) is 0 Å². The molecule has 0 saturated carbocycles. The summed E-state index contributed by atoms with van der Waals surface area (Å²) in [5.41, 5.74) is 1.22. The topological polar surface area (TPSA) is 61.4 Å². The summed E-state index contributed by atoms with van der Waals surface area (Å²) in [7, 11) is 0. The monoisotopic (exact) mass is 220 g/mol. The molecule has 2 rings (SSSR count). The molecule has 1 saturated heterocycles. The van der Waals surface area contributed by atoms with E-state index in [1.807, 2.05) is 18.2 Å². The van der Waals surface area contributed by atoms with Crippen molar-refractivity contribution in [3.05, 3.63) is 35.9 Å². The third kappa shape index (κ3) is 2.73. The van der Waals surface area contributed by atoms with Crippen molar-refractivity contribution in [2.75, 3.05) is 6.54 Å². The minimum Gasteiger partial charge on any atom is -0.465 e. The molecule has 1 aliphatic heterocycles. The van der Waals surface area contributed by atoms with Gasteiger partial charge in [-0.2, -0.15) is 0 Å². The maximum absolute atomic E-state index is 10.6. The van der Waals surface area contributed by atoms with Crippen molar-refractivity contribution >= 4 is 6.09 Å². The highest BCUT2D eigenvalue weighted by Gasteiger charge is 2.23. The Balaban J connectivity index is 1.99. The fourth-order valence-electron chi connectivity index (χ4n) is 2.16. The Morgan fingerprint density at radius 3 is 2.81 bits per heavy atom. The lowest BCUT2D eigenvalue weighted by molar-refractivity contribution is 0.184. The smallest absolute Gasteiger partial charge is 0.404 e. The molecule has 1 aromatic carbocycles. The summed E-state index contributed by atoms with van der Waals surface area (Å²) in [5, 5.41) is 14.7. The second-order valence-corrected chi connectivity index (χ2v) is 4.09. The predicted molar refractivity (Wildman–Crippen MR) is 61.4 cm³/mol. The molecule has 2 unspecified atom stereocenters. The van der Waals surface area contributed by atoms with Gasteiger partial charge in [-0.1, -0.05) is 30.3 Å². The highest BCUT2D eigenvalue weighted by atomic mass is 16.4. The lowest BCUT2D eigenvalue weighted by Gasteiger charge is -2.30. The van der Waals surface area contributed by atoms with E-state index in [0.29, 0.717) is 0 Å². The zero-order chi connectivity index (χ0) is 11.4. The summed E-state index contributed by atoms with van der Waals surface area (Å²) in [5.74, 6) is 0. The number of carboxylic acid groups (broad SMARTS) is 1. The van der Waals surface area contributed by atoms with Crippen molar-refractivity contribution in [2.45, 2.75) is 24.9 Å². The van der Waals surface area contributed by atoms with Crippen molar-refractivity contribution in [3.8, 4) is 0 Å². The Labute approximate surface area is 94.7 Å². The van der Waals surface area contributed by atoms with Crippen LogP contribution < -0.4 is 10.6 Å². The van der Waals surface area contributed by atoms with Crippen molar-refractivity contribution in [2.24, 2.45) is 0 Å². The molecule has 3 N–H and O–H groups in total. The standard InChI is InChI=1S/C12H16N2O2/c15-12(16)14-10-6-7-13-11(8-10)9-4-2-1-3-5-9/h1-5,10-11,13-14H,6-8H2,(H,15,16). The fourth-order valence-corrected chi connectivity index (χ4v) is 2.16. The first-order chi connectivity index (χ1) is 7.75. The van der Waals surface area contributed by atoms with Crippen LogP contribution in [0, 0.1) is 0 Å². The van der Waals surface area contributed by atoms with E-state index in [4.69, 9.17) is 5.11 Å². The first-order valence-electron chi connectivity index (χ1n) is 5.53. The van der Waals surface area contributed by atoms with Gasteiger partial charge in [-0.15, -0.1) is 0 Å². The first kappa shape index (κ1) is 11.0. The number of hydrogen-bond donors (Lipinski definition) is 3. The van der Waals surface area contributed by atoms with Crippen LogP contribution in [-0.4, -0.2) is 23.8 Å². The summed E-state index contributed by atoms with van der Waals surface area (Å²) in [6.45, 7) is 0.852. The zero-order valence-corrected chi connectivity index (χ0v) is 9.02. The lowest BCUT2D eigenvalue weighted by atomic mass is 9.94. The number of piperidine rings is 1. The zero-order valence-electron chi connectivity index (χ0n) is 9.02. The van der Waals surface area contributed by atoms with E-state index >= 15 is 0 Å². The van der Waals surface area contributed by atoms with Gasteiger partial charge >= 0.3 is 6.09 Å². The Morgan fingerprint density at radius 1 is 1.38 bits per heavy atom. The summed E-state index contributed by atoms with van der Waals surface area (Å²) < 4.78 is 0. The van der Waals surface area contributed by atoms with Crippen LogP contribution in [0.1, 0.15) is 24.4 Å². The molecule has 2 atom stereocenters. The number of rotatable bonds is 2. The van der Waals surface area contributed by atoms with Crippen LogP contribution in [0.25, 0.3) is 0 Å². The van der Waals surface area contributed by atoms with Crippen LogP contribution in [0.15, 0.2) is 30.3 Å². The maximum atomic E-state index is 10.6. The summed E-state index contributed by atoms with van der Waals surface area (Å²) >= 11 is 0. The Morgan fingerprint density at radius 2 is 2.12 bits per heavy atom. The molecule has 0 aliphatic carbocycles. The van der Waals surface area contributed by atoms with Crippen LogP contribution in [0.2, 0.25) is 0 Å². The molecule has 0 bridgehead atoms. The summed E-state index contributed by atoms with van der Waals surface area (Å²) in [6.07, 6.45) is 0.741. The minimum absolute atomic E-state index is 0.0592. The Kier molecular flexibility index (Phi) is 3.41. The van der Waals surface area contributed by atoms with E-state index in [1.54, 1.807) is 0 Å². The predicted octanol–water partition coefficient (Wildman–Crippen LogP) is 1.75. The molecule has 4 heteroatoms. The number of hydrogen-bond acceptors (Lipinski definition) is 2. The van der Waals surface area contributed by atoms with Gasteiger partial charge in [-0.25, -0.2) is 4.79 Å². The maximum Gasteiger partial charge on any atom is 0.404 e. The van der Waals surface area contributed by atoms with Crippen LogP contribution in [0.3, 0.4) is 0 Å². The quantitative estimate of drug-likeness (QED) is 0.711. The first-order valence-corrected chi connectivity index (χ1v) is 5.53. The molecular weight excluding hydrogens is 204 g/mol. The SMILES string of the molecule is O=C(O)NC1CCNC(c2ccccc2)C1.